The van der Waals surface area contributed by atoms with Gasteiger partial charge >= 0.3 is 0 Å². The normalized spacial score (nSPS) is 12.4. The minimum absolute atomic E-state index is 0.0563. The molecule has 1 amide bonds. The lowest BCUT2D eigenvalue weighted by Crippen LogP contribution is -2.33. The van der Waals surface area contributed by atoms with E-state index in [-0.39, 0.29) is 16.9 Å². The first kappa shape index (κ1) is 26.6. The number of aromatic nitrogens is 7. The van der Waals surface area contributed by atoms with Gasteiger partial charge in [-0.3, -0.25) is 18.8 Å². The number of hydrogen-bond donors (Lipinski definition) is 2. The topological polar surface area (TPSA) is 138 Å². The fraction of sp³-hybridized carbons (Fsp3) is 0.161. The summed E-state index contributed by atoms with van der Waals surface area (Å²) in [6.45, 7) is 5.74. The SMILES string of the molecule is Cc1nn(C)c(C)c1/C=C/c1cccc2nc(C(C)NC(=O)c3c(N)nn4cccnc34)n(-c3ccccc3)c(=O)c12. The van der Waals surface area contributed by atoms with Crippen LogP contribution in [0.1, 0.15) is 51.7 Å². The van der Waals surface area contributed by atoms with Gasteiger partial charge in [-0.15, -0.1) is 5.10 Å². The molecule has 0 saturated heterocycles. The van der Waals surface area contributed by atoms with Gasteiger partial charge in [-0.05, 0) is 50.6 Å². The molecule has 0 saturated carbocycles. The molecule has 2 aromatic carbocycles. The number of amides is 1. The fourth-order valence-electron chi connectivity index (χ4n) is 5.19. The third kappa shape index (κ3) is 4.50. The number of carbonyl (C=O) groups excluding carboxylic acids is 1. The maximum absolute atomic E-state index is 14.3. The number of fused-ring (bicyclic) bond motifs is 2. The molecule has 0 aliphatic carbocycles. The quantitative estimate of drug-likeness (QED) is 0.314. The van der Waals surface area contributed by atoms with Crippen molar-refractivity contribution in [1.82, 2.24) is 39.2 Å². The van der Waals surface area contributed by atoms with Crippen molar-refractivity contribution < 1.29 is 4.79 Å². The molecule has 1 unspecified atom stereocenters. The Kier molecular flexibility index (Phi) is 6.62. The molecule has 210 valence electrons. The van der Waals surface area contributed by atoms with Crippen molar-refractivity contribution in [2.24, 2.45) is 7.05 Å². The molecule has 0 aliphatic heterocycles. The Balaban J connectivity index is 1.47. The zero-order chi connectivity index (χ0) is 29.5. The third-order valence-electron chi connectivity index (χ3n) is 7.35. The Labute approximate surface area is 241 Å². The molecule has 0 aliphatic rings. The first-order valence-electron chi connectivity index (χ1n) is 13.4. The second-order valence-corrected chi connectivity index (χ2v) is 10.1. The average Bonchev–Trinajstić information content (AvgIpc) is 3.44. The number of aryl methyl sites for hydroxylation is 2. The lowest BCUT2D eigenvalue weighted by molar-refractivity contribution is 0.0940. The Bertz CT molecular complexity index is 2070. The molecular weight excluding hydrogens is 530 g/mol. The zero-order valence-corrected chi connectivity index (χ0v) is 23.6. The summed E-state index contributed by atoms with van der Waals surface area (Å²) in [5, 5.41) is 12.1. The van der Waals surface area contributed by atoms with Gasteiger partial charge in [0.05, 0.1) is 28.3 Å². The van der Waals surface area contributed by atoms with Crippen molar-refractivity contribution in [3.63, 3.8) is 0 Å². The molecule has 0 spiro atoms. The molecular formula is C31H29N9O2. The summed E-state index contributed by atoms with van der Waals surface area (Å²) in [4.78, 5) is 36.9. The summed E-state index contributed by atoms with van der Waals surface area (Å²) in [5.74, 6) is -0.0440. The van der Waals surface area contributed by atoms with E-state index in [1.54, 1.807) is 36.0 Å². The molecule has 0 bridgehead atoms. The van der Waals surface area contributed by atoms with E-state index in [9.17, 15) is 9.59 Å². The Hall–Kier alpha value is -5.58. The molecule has 11 heteroatoms. The third-order valence-corrected chi connectivity index (χ3v) is 7.35. The number of carbonyl (C=O) groups is 1. The van der Waals surface area contributed by atoms with Crippen molar-refractivity contribution >= 4 is 40.4 Å². The number of nitrogens with one attached hydrogen (secondary N) is 1. The summed E-state index contributed by atoms with van der Waals surface area (Å²) in [6.07, 6.45) is 7.13. The predicted molar refractivity (Wildman–Crippen MR) is 162 cm³/mol. The number of rotatable bonds is 6. The van der Waals surface area contributed by atoms with E-state index in [4.69, 9.17) is 10.7 Å². The molecule has 6 aromatic rings. The lowest BCUT2D eigenvalue weighted by Gasteiger charge is -2.20. The summed E-state index contributed by atoms with van der Waals surface area (Å²) < 4.78 is 4.83. The van der Waals surface area contributed by atoms with E-state index in [2.05, 4.69) is 20.5 Å². The van der Waals surface area contributed by atoms with Crippen molar-refractivity contribution in [1.29, 1.82) is 0 Å². The van der Waals surface area contributed by atoms with Crippen LogP contribution in [0.3, 0.4) is 0 Å². The second-order valence-electron chi connectivity index (χ2n) is 10.1. The first-order valence-corrected chi connectivity index (χ1v) is 13.4. The number of hydrogen-bond acceptors (Lipinski definition) is 7. The minimum Gasteiger partial charge on any atom is -0.381 e. The maximum Gasteiger partial charge on any atom is 0.266 e. The van der Waals surface area contributed by atoms with Gasteiger partial charge in [0.1, 0.15) is 11.4 Å². The lowest BCUT2D eigenvalue weighted by atomic mass is 10.1. The van der Waals surface area contributed by atoms with Crippen LogP contribution in [0.5, 0.6) is 0 Å². The molecule has 11 nitrogen and oxygen atoms in total. The van der Waals surface area contributed by atoms with Gasteiger partial charge in [0.2, 0.25) is 0 Å². The molecule has 3 N–H and O–H groups in total. The Morgan fingerprint density at radius 2 is 1.81 bits per heavy atom. The van der Waals surface area contributed by atoms with Crippen molar-refractivity contribution in [2.45, 2.75) is 26.8 Å². The van der Waals surface area contributed by atoms with Crippen molar-refractivity contribution in [3.05, 3.63) is 111 Å². The van der Waals surface area contributed by atoms with Gasteiger partial charge < -0.3 is 11.1 Å². The van der Waals surface area contributed by atoms with Crippen LogP contribution in [0.4, 0.5) is 5.82 Å². The highest BCUT2D eigenvalue weighted by Gasteiger charge is 2.24. The fourth-order valence-corrected chi connectivity index (χ4v) is 5.19. The number of nitrogens with zero attached hydrogens (tertiary/aromatic N) is 7. The monoisotopic (exact) mass is 559 g/mol. The highest BCUT2D eigenvalue weighted by molar-refractivity contribution is 6.04. The number of anilines is 1. The molecule has 1 atom stereocenters. The average molecular weight is 560 g/mol. The predicted octanol–water partition coefficient (Wildman–Crippen LogP) is 4.02. The molecule has 42 heavy (non-hydrogen) atoms. The van der Waals surface area contributed by atoms with Gasteiger partial charge in [0, 0.05) is 30.7 Å². The summed E-state index contributed by atoms with van der Waals surface area (Å²) in [5.41, 5.74) is 11.1. The van der Waals surface area contributed by atoms with Crippen LogP contribution in [0.25, 0.3) is 34.4 Å². The van der Waals surface area contributed by atoms with E-state index >= 15 is 0 Å². The van der Waals surface area contributed by atoms with Crippen LogP contribution in [0, 0.1) is 13.8 Å². The van der Waals surface area contributed by atoms with E-state index in [0.29, 0.717) is 28.1 Å². The second kappa shape index (κ2) is 10.4. The van der Waals surface area contributed by atoms with Crippen LogP contribution in [-0.2, 0) is 7.05 Å². The van der Waals surface area contributed by atoms with Gasteiger partial charge in [0.15, 0.2) is 11.5 Å². The minimum atomic E-state index is -0.673. The van der Waals surface area contributed by atoms with Crippen LogP contribution in [0.2, 0.25) is 0 Å². The Morgan fingerprint density at radius 3 is 2.55 bits per heavy atom. The Morgan fingerprint density at radius 1 is 1.02 bits per heavy atom. The van der Waals surface area contributed by atoms with E-state index < -0.39 is 11.9 Å². The molecule has 0 fully saturated rings. The number of nitrogens with two attached hydrogens (primary N) is 1. The van der Waals surface area contributed by atoms with Gasteiger partial charge in [-0.1, -0.05) is 42.5 Å². The number of benzene rings is 2. The highest BCUT2D eigenvalue weighted by atomic mass is 16.2. The van der Waals surface area contributed by atoms with E-state index in [1.165, 1.54) is 4.52 Å². The molecule has 4 aromatic heterocycles. The molecule has 0 radical (unpaired) electrons. The van der Waals surface area contributed by atoms with Crippen LogP contribution >= 0.6 is 0 Å². The van der Waals surface area contributed by atoms with Gasteiger partial charge in [-0.25, -0.2) is 14.5 Å². The zero-order valence-electron chi connectivity index (χ0n) is 23.6. The molecule has 6 rings (SSSR count). The summed E-state index contributed by atoms with van der Waals surface area (Å²) in [7, 11) is 1.90. The smallest absolute Gasteiger partial charge is 0.266 e. The van der Waals surface area contributed by atoms with Crippen LogP contribution < -0.4 is 16.6 Å². The van der Waals surface area contributed by atoms with Gasteiger partial charge in [0.25, 0.3) is 11.5 Å². The van der Waals surface area contributed by atoms with Crippen LogP contribution in [-0.4, -0.2) is 39.8 Å². The van der Waals surface area contributed by atoms with Gasteiger partial charge in [-0.2, -0.15) is 5.10 Å². The van der Waals surface area contributed by atoms with E-state index in [1.807, 2.05) is 80.2 Å². The van der Waals surface area contributed by atoms with E-state index in [0.717, 1.165) is 22.5 Å². The van der Waals surface area contributed by atoms with Crippen LogP contribution in [0.15, 0.2) is 71.8 Å². The molecule has 4 heterocycles. The summed E-state index contributed by atoms with van der Waals surface area (Å²) in [6, 6.07) is 15.8. The first-order chi connectivity index (χ1) is 20.2. The number of nitrogen functional groups attached to an aromatic ring is 1. The highest BCUT2D eigenvalue weighted by Crippen LogP contribution is 2.24. The van der Waals surface area contributed by atoms with Crippen molar-refractivity contribution in [3.8, 4) is 5.69 Å². The summed E-state index contributed by atoms with van der Waals surface area (Å²) >= 11 is 0. The maximum atomic E-state index is 14.3. The number of para-hydroxylation sites is 1. The standard InChI is InChI=1S/C31H29N9O2/c1-18-23(20(3)38(4)36-18)15-14-21-10-8-13-24-25(21)31(42)40(22-11-6-5-7-12-22)28(35-24)19(2)34-30(41)26-27(32)37-39-17-9-16-33-29(26)39/h5-17,19H,1-4H3,(H2,32,37)(H,34,41)/b15-14+. The van der Waals surface area contributed by atoms with Crippen molar-refractivity contribution in [2.75, 3.05) is 5.73 Å². The largest absolute Gasteiger partial charge is 0.381 e.